The number of carbonyl (C=O) groups is 1. The van der Waals surface area contributed by atoms with Gasteiger partial charge < -0.3 is 15.0 Å². The molecular formula is C27H36N4O2S. The monoisotopic (exact) mass is 480 g/mol. The van der Waals surface area contributed by atoms with Crippen LogP contribution in [0.4, 0.5) is 5.13 Å². The van der Waals surface area contributed by atoms with E-state index >= 15 is 0 Å². The second-order valence-corrected chi connectivity index (χ2v) is 10.0. The largest absolute Gasteiger partial charge is 0.494 e. The fraction of sp³-hybridized carbons (Fsp3) is 0.481. The molecule has 6 nitrogen and oxygen atoms in total. The van der Waals surface area contributed by atoms with Gasteiger partial charge in [0.15, 0.2) is 5.13 Å². The first-order chi connectivity index (χ1) is 16.5. The number of nitrogens with zero attached hydrogens (tertiary/aromatic N) is 3. The van der Waals surface area contributed by atoms with Gasteiger partial charge in [0.05, 0.1) is 16.8 Å². The quantitative estimate of drug-likeness (QED) is 0.412. The molecule has 0 bridgehead atoms. The Balaban J connectivity index is 1.19. The van der Waals surface area contributed by atoms with Gasteiger partial charge in [0, 0.05) is 44.8 Å². The molecule has 0 radical (unpaired) electrons. The summed E-state index contributed by atoms with van der Waals surface area (Å²) in [5.41, 5.74) is 4.35. The molecule has 1 aliphatic rings. The Morgan fingerprint density at radius 1 is 1.03 bits per heavy atom. The zero-order valence-corrected chi connectivity index (χ0v) is 21.4. The van der Waals surface area contributed by atoms with Crippen LogP contribution in [0.5, 0.6) is 5.75 Å². The summed E-state index contributed by atoms with van der Waals surface area (Å²) in [6, 6.07) is 11.8. The summed E-state index contributed by atoms with van der Waals surface area (Å²) < 4.78 is 7.03. The highest BCUT2D eigenvalue weighted by Gasteiger charge is 2.20. The average molecular weight is 481 g/mol. The van der Waals surface area contributed by atoms with Crippen molar-refractivity contribution in [3.63, 3.8) is 0 Å². The first-order valence-electron chi connectivity index (χ1n) is 12.4. The maximum Gasteiger partial charge on any atom is 0.251 e. The third-order valence-corrected chi connectivity index (χ3v) is 7.67. The van der Waals surface area contributed by atoms with Crippen LogP contribution in [0.25, 0.3) is 10.2 Å². The van der Waals surface area contributed by atoms with Crippen LogP contribution in [0.15, 0.2) is 36.4 Å². The van der Waals surface area contributed by atoms with Gasteiger partial charge in [0.1, 0.15) is 5.75 Å². The van der Waals surface area contributed by atoms with Crippen molar-refractivity contribution in [1.29, 1.82) is 0 Å². The molecule has 0 spiro atoms. The molecule has 1 N–H and O–H groups in total. The molecule has 0 atom stereocenters. The van der Waals surface area contributed by atoms with E-state index in [1.54, 1.807) is 11.3 Å². The molecule has 1 fully saturated rings. The zero-order chi connectivity index (χ0) is 23.9. The maximum absolute atomic E-state index is 12.5. The molecule has 0 saturated carbocycles. The second-order valence-electron chi connectivity index (χ2n) is 9.04. The molecule has 2 heterocycles. The molecule has 1 saturated heterocycles. The summed E-state index contributed by atoms with van der Waals surface area (Å²) in [6.07, 6.45) is 3.42. The van der Waals surface area contributed by atoms with Gasteiger partial charge in [-0.15, -0.1) is 0 Å². The summed E-state index contributed by atoms with van der Waals surface area (Å²) >= 11 is 1.80. The summed E-state index contributed by atoms with van der Waals surface area (Å²) in [6.45, 7) is 12.6. The lowest BCUT2D eigenvalue weighted by atomic mass is 10.1. The molecule has 4 rings (SSSR count). The minimum absolute atomic E-state index is 0.0311. The molecule has 2 aromatic carbocycles. The number of fused-ring (bicyclic) bond motifs is 1. The number of hydrogen-bond acceptors (Lipinski definition) is 6. The standard InChI is InChI=1S/C27H36N4O2S/c1-4-5-6-19-33-23-11-9-22(10-12-23)26(32)28-13-14-30-15-17-31(18-16-30)27-29-24-20(2)7-8-21(3)25(24)34-27/h7-12H,4-6,13-19H2,1-3H3,(H,28,32). The number of aryl methyl sites for hydroxylation is 2. The van der Waals surface area contributed by atoms with Crippen LogP contribution in [0.1, 0.15) is 47.7 Å². The molecule has 1 aliphatic heterocycles. The number of piperazine rings is 1. The fourth-order valence-electron chi connectivity index (χ4n) is 4.22. The lowest BCUT2D eigenvalue weighted by Crippen LogP contribution is -2.48. The Kier molecular flexibility index (Phi) is 8.40. The van der Waals surface area contributed by atoms with Crippen LogP contribution in [-0.4, -0.2) is 61.7 Å². The van der Waals surface area contributed by atoms with Crippen LogP contribution in [0.2, 0.25) is 0 Å². The summed E-state index contributed by atoms with van der Waals surface area (Å²) in [5.74, 6) is 0.792. The Bertz CT molecular complexity index is 1050. The van der Waals surface area contributed by atoms with Crippen molar-refractivity contribution in [3.05, 3.63) is 53.1 Å². The number of hydrogen-bond donors (Lipinski definition) is 1. The van der Waals surface area contributed by atoms with Crippen LogP contribution in [0, 0.1) is 13.8 Å². The molecule has 0 aliphatic carbocycles. The van der Waals surface area contributed by atoms with Gasteiger partial charge in [-0.2, -0.15) is 0 Å². The first kappa shape index (κ1) is 24.5. The van der Waals surface area contributed by atoms with Gasteiger partial charge in [-0.05, 0) is 55.7 Å². The van der Waals surface area contributed by atoms with E-state index in [0.717, 1.165) is 62.1 Å². The topological polar surface area (TPSA) is 57.7 Å². The number of amides is 1. The van der Waals surface area contributed by atoms with Crippen molar-refractivity contribution in [2.24, 2.45) is 0 Å². The van der Waals surface area contributed by atoms with Gasteiger partial charge in [-0.1, -0.05) is 43.2 Å². The van der Waals surface area contributed by atoms with Crippen molar-refractivity contribution < 1.29 is 9.53 Å². The summed E-state index contributed by atoms with van der Waals surface area (Å²) in [7, 11) is 0. The van der Waals surface area contributed by atoms with Gasteiger partial charge >= 0.3 is 0 Å². The van der Waals surface area contributed by atoms with Gasteiger partial charge in [-0.25, -0.2) is 4.98 Å². The van der Waals surface area contributed by atoms with E-state index < -0.39 is 0 Å². The summed E-state index contributed by atoms with van der Waals surface area (Å²) in [5, 5.41) is 4.18. The number of anilines is 1. The van der Waals surface area contributed by atoms with E-state index in [-0.39, 0.29) is 5.91 Å². The second kappa shape index (κ2) is 11.7. The first-order valence-corrected chi connectivity index (χ1v) is 13.2. The number of thiazole rings is 1. The molecule has 182 valence electrons. The number of nitrogens with one attached hydrogen (secondary N) is 1. The molecule has 0 unspecified atom stereocenters. The highest BCUT2D eigenvalue weighted by atomic mass is 32.1. The number of ether oxygens (including phenoxy) is 1. The zero-order valence-electron chi connectivity index (χ0n) is 20.6. The normalized spacial score (nSPS) is 14.5. The van der Waals surface area contributed by atoms with Crippen LogP contribution < -0.4 is 15.0 Å². The lowest BCUT2D eigenvalue weighted by molar-refractivity contribution is 0.0947. The lowest BCUT2D eigenvalue weighted by Gasteiger charge is -2.34. The van der Waals surface area contributed by atoms with E-state index in [1.165, 1.54) is 28.7 Å². The number of benzene rings is 2. The number of unbranched alkanes of at least 4 members (excludes halogenated alkanes) is 2. The van der Waals surface area contributed by atoms with Crippen molar-refractivity contribution >= 4 is 32.6 Å². The van der Waals surface area contributed by atoms with E-state index in [4.69, 9.17) is 9.72 Å². The molecule has 1 aromatic heterocycles. The number of aromatic nitrogens is 1. The van der Waals surface area contributed by atoms with Crippen LogP contribution >= 0.6 is 11.3 Å². The third kappa shape index (κ3) is 6.07. The minimum atomic E-state index is -0.0311. The van der Waals surface area contributed by atoms with E-state index in [2.05, 4.69) is 48.0 Å². The Morgan fingerprint density at radius 3 is 2.47 bits per heavy atom. The molecule has 3 aromatic rings. The van der Waals surface area contributed by atoms with Gasteiger partial charge in [-0.3, -0.25) is 9.69 Å². The predicted molar refractivity (Wildman–Crippen MR) is 142 cm³/mol. The molecule has 7 heteroatoms. The highest BCUT2D eigenvalue weighted by Crippen LogP contribution is 2.33. The van der Waals surface area contributed by atoms with E-state index in [0.29, 0.717) is 12.1 Å². The maximum atomic E-state index is 12.5. The molecular weight excluding hydrogens is 444 g/mol. The predicted octanol–water partition coefficient (Wildman–Crippen LogP) is 5.03. The fourth-order valence-corrected chi connectivity index (χ4v) is 5.38. The molecule has 1 amide bonds. The molecule has 34 heavy (non-hydrogen) atoms. The Morgan fingerprint density at radius 2 is 1.76 bits per heavy atom. The van der Waals surface area contributed by atoms with Crippen molar-refractivity contribution in [2.45, 2.75) is 40.0 Å². The SMILES string of the molecule is CCCCCOc1ccc(C(=O)NCCN2CCN(c3nc4c(C)ccc(C)c4s3)CC2)cc1. The Labute approximate surface area is 206 Å². The smallest absolute Gasteiger partial charge is 0.251 e. The van der Waals surface area contributed by atoms with Crippen molar-refractivity contribution in [2.75, 3.05) is 50.8 Å². The van der Waals surface area contributed by atoms with Gasteiger partial charge in [0.25, 0.3) is 5.91 Å². The third-order valence-electron chi connectivity index (χ3n) is 6.42. The van der Waals surface area contributed by atoms with E-state index in [9.17, 15) is 4.79 Å². The number of carbonyl (C=O) groups excluding carboxylic acids is 1. The van der Waals surface area contributed by atoms with E-state index in [1.807, 2.05) is 24.3 Å². The average Bonchev–Trinajstić information content (AvgIpc) is 3.32. The Hall–Kier alpha value is -2.64. The van der Waals surface area contributed by atoms with Crippen LogP contribution in [-0.2, 0) is 0 Å². The van der Waals surface area contributed by atoms with Crippen LogP contribution in [0.3, 0.4) is 0 Å². The van der Waals surface area contributed by atoms with Gasteiger partial charge in [0.2, 0.25) is 0 Å². The number of rotatable bonds is 10. The highest BCUT2D eigenvalue weighted by molar-refractivity contribution is 7.22. The summed E-state index contributed by atoms with van der Waals surface area (Å²) in [4.78, 5) is 22.2. The minimum Gasteiger partial charge on any atom is -0.494 e. The van der Waals surface area contributed by atoms with Crippen molar-refractivity contribution in [3.8, 4) is 5.75 Å². The van der Waals surface area contributed by atoms with Crippen molar-refractivity contribution in [1.82, 2.24) is 15.2 Å².